The van der Waals surface area contributed by atoms with E-state index in [9.17, 15) is 4.79 Å². The maximum Gasteiger partial charge on any atom is 0.224 e. The van der Waals surface area contributed by atoms with Crippen molar-refractivity contribution in [2.24, 2.45) is 0 Å². The Bertz CT molecular complexity index is 854. The molecule has 7 heteroatoms. The summed E-state index contributed by atoms with van der Waals surface area (Å²) >= 11 is 6.21. The topological polar surface area (TPSA) is 54.0 Å². The number of anilines is 2. The Morgan fingerprint density at radius 2 is 1.74 bits per heavy atom. The lowest BCUT2D eigenvalue weighted by molar-refractivity contribution is -0.116. The number of carbonyl (C=O) groups excluding carboxylic acids is 1. The lowest BCUT2D eigenvalue weighted by atomic mass is 10.2. The normalized spacial score (nSPS) is 14.4. The Labute approximate surface area is 190 Å². The summed E-state index contributed by atoms with van der Waals surface area (Å²) in [6, 6.07) is 13.3. The Kier molecular flexibility index (Phi) is 8.85. The highest BCUT2D eigenvalue weighted by Crippen LogP contribution is 2.30. The molecular formula is C24H32ClN3O3. The van der Waals surface area contributed by atoms with Crippen molar-refractivity contribution < 1.29 is 14.3 Å². The minimum absolute atomic E-state index is 0.0441. The third-order valence-electron chi connectivity index (χ3n) is 5.35. The van der Waals surface area contributed by atoms with Crippen molar-refractivity contribution in [3.63, 3.8) is 0 Å². The number of carbonyl (C=O) groups is 1. The molecule has 1 N–H and O–H groups in total. The zero-order valence-corrected chi connectivity index (χ0v) is 19.2. The van der Waals surface area contributed by atoms with Gasteiger partial charge in [-0.15, -0.1) is 0 Å². The van der Waals surface area contributed by atoms with Gasteiger partial charge in [-0.1, -0.05) is 30.7 Å². The van der Waals surface area contributed by atoms with Gasteiger partial charge in [-0.2, -0.15) is 0 Å². The van der Waals surface area contributed by atoms with Gasteiger partial charge in [0, 0.05) is 37.6 Å². The number of ether oxygens (including phenoxy) is 2. The van der Waals surface area contributed by atoms with E-state index in [1.165, 1.54) is 0 Å². The quantitative estimate of drug-likeness (QED) is 0.538. The van der Waals surface area contributed by atoms with Gasteiger partial charge in [0.2, 0.25) is 5.91 Å². The number of likely N-dealkylation sites (N-methyl/N-ethyl adjacent to an activating group) is 1. The maximum atomic E-state index is 12.6. The van der Waals surface area contributed by atoms with Crippen molar-refractivity contribution in [3.8, 4) is 11.5 Å². The Hall–Kier alpha value is -2.44. The molecule has 0 aromatic heterocycles. The first-order chi connectivity index (χ1) is 15.1. The molecule has 0 saturated carbocycles. The molecule has 6 nitrogen and oxygen atoms in total. The number of amides is 1. The molecule has 1 aliphatic heterocycles. The van der Waals surface area contributed by atoms with E-state index in [2.05, 4.69) is 22.0 Å². The summed E-state index contributed by atoms with van der Waals surface area (Å²) in [5.74, 6) is 1.38. The van der Waals surface area contributed by atoms with E-state index in [4.69, 9.17) is 21.1 Å². The first-order valence-electron chi connectivity index (χ1n) is 11.0. The molecule has 0 bridgehead atoms. The highest BCUT2D eigenvalue weighted by Gasteiger charge is 2.19. The zero-order valence-electron chi connectivity index (χ0n) is 18.4. The van der Waals surface area contributed by atoms with Gasteiger partial charge in [0.05, 0.1) is 24.6 Å². The second-order valence-electron chi connectivity index (χ2n) is 7.46. The average molecular weight is 446 g/mol. The summed E-state index contributed by atoms with van der Waals surface area (Å²) in [5.41, 5.74) is 1.79. The predicted molar refractivity (Wildman–Crippen MR) is 127 cm³/mol. The van der Waals surface area contributed by atoms with Crippen molar-refractivity contribution in [2.75, 3.05) is 56.2 Å². The fourth-order valence-electron chi connectivity index (χ4n) is 3.66. The van der Waals surface area contributed by atoms with E-state index in [1.807, 2.05) is 49.4 Å². The SMILES string of the molecule is CCOc1ccccc1OCCCC(=O)Nc1cc(Cl)ccc1N1CCN(CC)CC1. The number of halogens is 1. The second kappa shape index (κ2) is 11.8. The molecule has 1 aliphatic rings. The van der Waals surface area contributed by atoms with Crippen LogP contribution in [0.4, 0.5) is 11.4 Å². The van der Waals surface area contributed by atoms with E-state index in [0.29, 0.717) is 36.8 Å². The van der Waals surface area contributed by atoms with Crippen LogP contribution in [0.3, 0.4) is 0 Å². The number of benzene rings is 2. The van der Waals surface area contributed by atoms with Crippen molar-refractivity contribution in [3.05, 3.63) is 47.5 Å². The summed E-state index contributed by atoms with van der Waals surface area (Å²) in [6.07, 6.45) is 0.976. The van der Waals surface area contributed by atoms with Crippen LogP contribution in [-0.4, -0.2) is 56.7 Å². The molecule has 0 aliphatic carbocycles. The standard InChI is InChI=1S/C24H32ClN3O3/c1-3-27-13-15-28(16-14-27)21-12-11-19(25)18-20(21)26-24(29)10-7-17-31-23-9-6-5-8-22(23)30-4-2/h5-6,8-9,11-12,18H,3-4,7,10,13-17H2,1-2H3,(H,26,29). The van der Waals surface area contributed by atoms with Crippen LogP contribution in [0.5, 0.6) is 11.5 Å². The van der Waals surface area contributed by atoms with Crippen molar-refractivity contribution in [1.82, 2.24) is 4.90 Å². The number of hydrogen-bond donors (Lipinski definition) is 1. The Balaban J connectivity index is 1.52. The number of hydrogen-bond acceptors (Lipinski definition) is 5. The van der Waals surface area contributed by atoms with Gasteiger partial charge in [-0.3, -0.25) is 4.79 Å². The summed E-state index contributed by atoms with van der Waals surface area (Å²) < 4.78 is 11.4. The lowest BCUT2D eigenvalue weighted by Crippen LogP contribution is -2.46. The van der Waals surface area contributed by atoms with Crippen LogP contribution in [0.25, 0.3) is 0 Å². The van der Waals surface area contributed by atoms with Gasteiger partial charge in [0.1, 0.15) is 0 Å². The van der Waals surface area contributed by atoms with Crippen LogP contribution < -0.4 is 19.7 Å². The second-order valence-corrected chi connectivity index (χ2v) is 7.90. The molecule has 31 heavy (non-hydrogen) atoms. The minimum atomic E-state index is -0.0441. The first kappa shape index (κ1) is 23.2. The van der Waals surface area contributed by atoms with Crippen LogP contribution in [0.1, 0.15) is 26.7 Å². The van der Waals surface area contributed by atoms with Gasteiger partial charge in [-0.05, 0) is 50.2 Å². The first-order valence-corrected chi connectivity index (χ1v) is 11.4. The minimum Gasteiger partial charge on any atom is -0.490 e. The van der Waals surface area contributed by atoms with E-state index >= 15 is 0 Å². The molecule has 168 valence electrons. The average Bonchev–Trinajstić information content (AvgIpc) is 2.78. The summed E-state index contributed by atoms with van der Waals surface area (Å²) in [7, 11) is 0. The van der Waals surface area contributed by atoms with Crippen LogP contribution in [0.2, 0.25) is 5.02 Å². The molecule has 0 unspecified atom stereocenters. The lowest BCUT2D eigenvalue weighted by Gasteiger charge is -2.36. The molecule has 0 atom stereocenters. The van der Waals surface area contributed by atoms with Gasteiger partial charge >= 0.3 is 0 Å². The summed E-state index contributed by atoms with van der Waals surface area (Å²) in [5, 5.41) is 3.66. The van der Waals surface area contributed by atoms with Crippen LogP contribution in [0.15, 0.2) is 42.5 Å². The molecule has 0 spiro atoms. The molecule has 1 saturated heterocycles. The van der Waals surface area contributed by atoms with E-state index in [1.54, 1.807) is 0 Å². The molecule has 1 amide bonds. The number of rotatable bonds is 10. The Morgan fingerprint density at radius 1 is 1.03 bits per heavy atom. The van der Waals surface area contributed by atoms with Gasteiger partial charge in [0.15, 0.2) is 11.5 Å². The van der Waals surface area contributed by atoms with Crippen LogP contribution in [0, 0.1) is 0 Å². The van der Waals surface area contributed by atoms with Crippen LogP contribution in [-0.2, 0) is 4.79 Å². The van der Waals surface area contributed by atoms with Crippen molar-refractivity contribution >= 4 is 28.9 Å². The number of nitrogens with one attached hydrogen (secondary N) is 1. The largest absolute Gasteiger partial charge is 0.490 e. The number of nitrogens with zero attached hydrogens (tertiary/aromatic N) is 2. The van der Waals surface area contributed by atoms with E-state index in [0.717, 1.165) is 49.8 Å². The smallest absolute Gasteiger partial charge is 0.224 e. The fourth-order valence-corrected chi connectivity index (χ4v) is 3.83. The third kappa shape index (κ3) is 6.77. The van der Waals surface area contributed by atoms with Gasteiger partial charge in [0.25, 0.3) is 0 Å². The highest BCUT2D eigenvalue weighted by atomic mass is 35.5. The summed E-state index contributed by atoms with van der Waals surface area (Å²) in [6.45, 7) is 10.1. The molecule has 2 aromatic carbocycles. The monoisotopic (exact) mass is 445 g/mol. The fraction of sp³-hybridized carbons (Fsp3) is 0.458. The van der Waals surface area contributed by atoms with Gasteiger partial charge in [-0.25, -0.2) is 0 Å². The van der Waals surface area contributed by atoms with E-state index in [-0.39, 0.29) is 5.91 Å². The molecule has 3 rings (SSSR count). The van der Waals surface area contributed by atoms with E-state index < -0.39 is 0 Å². The van der Waals surface area contributed by atoms with Crippen molar-refractivity contribution in [1.29, 1.82) is 0 Å². The third-order valence-corrected chi connectivity index (χ3v) is 5.58. The van der Waals surface area contributed by atoms with Gasteiger partial charge < -0.3 is 24.6 Å². The number of para-hydroxylation sites is 2. The molecule has 2 aromatic rings. The van der Waals surface area contributed by atoms with Crippen LogP contribution >= 0.6 is 11.6 Å². The van der Waals surface area contributed by atoms with Crippen molar-refractivity contribution in [2.45, 2.75) is 26.7 Å². The summed E-state index contributed by atoms with van der Waals surface area (Å²) in [4.78, 5) is 17.3. The molecular weight excluding hydrogens is 414 g/mol. The number of piperazine rings is 1. The molecule has 0 radical (unpaired) electrons. The Morgan fingerprint density at radius 3 is 2.42 bits per heavy atom. The maximum absolute atomic E-state index is 12.6. The highest BCUT2D eigenvalue weighted by molar-refractivity contribution is 6.31. The zero-order chi connectivity index (χ0) is 22.1. The predicted octanol–water partition coefficient (Wildman–Crippen LogP) is 4.68. The molecule has 1 heterocycles. The molecule has 1 fully saturated rings.